The monoisotopic (exact) mass is 340 g/mol. The molecule has 0 spiro atoms. The van der Waals surface area contributed by atoms with Crippen molar-refractivity contribution in [2.24, 2.45) is 10.4 Å². The van der Waals surface area contributed by atoms with Gasteiger partial charge in [-0.3, -0.25) is 9.79 Å². The average molecular weight is 340 g/mol. The molecule has 1 aromatic rings. The number of rotatable bonds is 6. The van der Waals surface area contributed by atoms with E-state index in [0.29, 0.717) is 17.1 Å². The molecule has 5 nitrogen and oxygen atoms in total. The smallest absolute Gasteiger partial charge is 0.243 e. The number of nitrogens with one attached hydrogen (secondary N) is 3. The normalized spacial score (nSPS) is 16.1. The summed E-state index contributed by atoms with van der Waals surface area (Å²) < 4.78 is 0. The van der Waals surface area contributed by atoms with Crippen LogP contribution >= 0.6 is 0 Å². The predicted molar refractivity (Wildman–Crippen MR) is 104 cm³/mol. The molecule has 1 aromatic carbocycles. The van der Waals surface area contributed by atoms with Crippen LogP contribution in [0.5, 0.6) is 0 Å². The molecule has 0 heterocycles. The third-order valence-corrected chi connectivity index (χ3v) is 5.00. The minimum Gasteiger partial charge on any atom is -0.356 e. The van der Waals surface area contributed by atoms with Crippen LogP contribution in [0.25, 0.3) is 0 Å². The molecule has 0 saturated heterocycles. The molecule has 0 aromatic heterocycles. The SMILES string of the molecule is C#Cc1cccc(NC(=O)CNC(=NC)NCC2(CC)CCCC2)c1. The second-order valence-corrected chi connectivity index (χ2v) is 6.61. The zero-order valence-corrected chi connectivity index (χ0v) is 15.2. The number of hydrogen-bond donors (Lipinski definition) is 3. The van der Waals surface area contributed by atoms with Crippen molar-refractivity contribution >= 4 is 17.6 Å². The molecule has 0 bridgehead atoms. The summed E-state index contributed by atoms with van der Waals surface area (Å²) in [6.07, 6.45) is 11.7. The molecule has 1 aliphatic carbocycles. The summed E-state index contributed by atoms with van der Waals surface area (Å²) >= 11 is 0. The van der Waals surface area contributed by atoms with Crippen molar-refractivity contribution in [3.63, 3.8) is 0 Å². The minimum absolute atomic E-state index is 0.136. The Kier molecular flexibility index (Phi) is 6.88. The fraction of sp³-hybridized carbons (Fsp3) is 0.500. The van der Waals surface area contributed by atoms with Crippen LogP contribution in [-0.4, -0.2) is 32.0 Å². The zero-order chi connectivity index (χ0) is 18.1. The number of amides is 1. The Morgan fingerprint density at radius 2 is 2.08 bits per heavy atom. The quantitative estimate of drug-likeness (QED) is 0.424. The number of carbonyl (C=O) groups excluding carboxylic acids is 1. The van der Waals surface area contributed by atoms with Crippen LogP contribution in [0.15, 0.2) is 29.3 Å². The molecular formula is C20H28N4O. The Bertz CT molecular complexity index is 654. The van der Waals surface area contributed by atoms with Gasteiger partial charge in [0.25, 0.3) is 0 Å². The van der Waals surface area contributed by atoms with Crippen LogP contribution in [-0.2, 0) is 4.79 Å². The van der Waals surface area contributed by atoms with Crippen molar-refractivity contribution < 1.29 is 4.79 Å². The third-order valence-electron chi connectivity index (χ3n) is 5.00. The standard InChI is InChI=1S/C20H28N4O/c1-4-16-9-8-10-17(13-16)24-18(25)14-22-19(21-3)23-15-20(5-2)11-6-7-12-20/h1,8-10,13H,5-7,11-12,14-15H2,2-3H3,(H,24,25)(H2,21,22,23). The van der Waals surface area contributed by atoms with E-state index in [-0.39, 0.29) is 12.5 Å². The van der Waals surface area contributed by atoms with Gasteiger partial charge in [-0.25, -0.2) is 0 Å². The number of aliphatic imine (C=N–C) groups is 1. The molecule has 0 aliphatic heterocycles. The van der Waals surface area contributed by atoms with Crippen molar-refractivity contribution in [1.82, 2.24) is 10.6 Å². The van der Waals surface area contributed by atoms with Gasteiger partial charge in [-0.05, 0) is 42.9 Å². The molecule has 5 heteroatoms. The van der Waals surface area contributed by atoms with E-state index in [2.05, 4.69) is 33.8 Å². The largest absolute Gasteiger partial charge is 0.356 e. The Morgan fingerprint density at radius 3 is 2.72 bits per heavy atom. The van der Waals surface area contributed by atoms with E-state index in [1.807, 2.05) is 18.2 Å². The van der Waals surface area contributed by atoms with Crippen molar-refractivity contribution in [2.75, 3.05) is 25.5 Å². The first-order valence-electron chi connectivity index (χ1n) is 8.92. The Balaban J connectivity index is 1.79. The number of hydrogen-bond acceptors (Lipinski definition) is 2. The van der Waals surface area contributed by atoms with E-state index in [9.17, 15) is 4.79 Å². The summed E-state index contributed by atoms with van der Waals surface area (Å²) in [5.41, 5.74) is 1.81. The Morgan fingerprint density at radius 1 is 1.32 bits per heavy atom. The summed E-state index contributed by atoms with van der Waals surface area (Å²) in [6.45, 7) is 3.30. The third kappa shape index (κ3) is 5.53. The number of anilines is 1. The van der Waals surface area contributed by atoms with Crippen LogP contribution in [0.4, 0.5) is 5.69 Å². The van der Waals surface area contributed by atoms with Gasteiger partial charge < -0.3 is 16.0 Å². The average Bonchev–Trinajstić information content (AvgIpc) is 3.11. The fourth-order valence-electron chi connectivity index (χ4n) is 3.33. The van der Waals surface area contributed by atoms with E-state index in [4.69, 9.17) is 6.42 Å². The van der Waals surface area contributed by atoms with Crippen LogP contribution in [0, 0.1) is 17.8 Å². The first kappa shape index (κ1) is 18.9. The summed E-state index contributed by atoms with van der Waals surface area (Å²) in [7, 11) is 1.72. The van der Waals surface area contributed by atoms with Gasteiger partial charge in [0.15, 0.2) is 5.96 Å². The van der Waals surface area contributed by atoms with Crippen molar-refractivity contribution in [3.05, 3.63) is 29.8 Å². The molecule has 1 fully saturated rings. The number of nitrogens with zero attached hydrogens (tertiary/aromatic N) is 1. The van der Waals surface area contributed by atoms with Gasteiger partial charge in [-0.1, -0.05) is 31.8 Å². The minimum atomic E-state index is -0.136. The molecule has 3 N–H and O–H groups in total. The van der Waals surface area contributed by atoms with Gasteiger partial charge in [0.1, 0.15) is 0 Å². The molecule has 1 amide bonds. The highest BCUT2D eigenvalue weighted by atomic mass is 16.1. The number of benzene rings is 1. The molecule has 1 saturated carbocycles. The lowest BCUT2D eigenvalue weighted by Gasteiger charge is -2.28. The number of carbonyl (C=O) groups is 1. The predicted octanol–water partition coefficient (Wildman–Crippen LogP) is 2.74. The van der Waals surface area contributed by atoms with E-state index in [1.54, 1.807) is 13.1 Å². The van der Waals surface area contributed by atoms with Gasteiger partial charge in [-0.2, -0.15) is 0 Å². The molecule has 25 heavy (non-hydrogen) atoms. The molecule has 0 atom stereocenters. The Hall–Kier alpha value is -2.48. The van der Waals surface area contributed by atoms with Crippen LogP contribution < -0.4 is 16.0 Å². The highest BCUT2D eigenvalue weighted by Crippen LogP contribution is 2.40. The van der Waals surface area contributed by atoms with Crippen molar-refractivity contribution in [3.8, 4) is 12.3 Å². The fourth-order valence-corrected chi connectivity index (χ4v) is 3.33. The maximum absolute atomic E-state index is 12.1. The highest BCUT2D eigenvalue weighted by Gasteiger charge is 2.31. The summed E-state index contributed by atoms with van der Waals surface area (Å²) in [6, 6.07) is 7.24. The van der Waals surface area contributed by atoms with Gasteiger partial charge in [0.2, 0.25) is 5.91 Å². The van der Waals surface area contributed by atoms with E-state index < -0.39 is 0 Å². The lowest BCUT2D eigenvalue weighted by molar-refractivity contribution is -0.115. The van der Waals surface area contributed by atoms with Gasteiger partial charge in [-0.15, -0.1) is 6.42 Å². The van der Waals surface area contributed by atoms with Crippen molar-refractivity contribution in [1.29, 1.82) is 0 Å². The van der Waals surface area contributed by atoms with Gasteiger partial charge in [0, 0.05) is 24.8 Å². The molecule has 1 aliphatic rings. The second-order valence-electron chi connectivity index (χ2n) is 6.61. The van der Waals surface area contributed by atoms with Gasteiger partial charge in [0.05, 0.1) is 6.54 Å². The second kappa shape index (κ2) is 9.12. The summed E-state index contributed by atoms with van der Waals surface area (Å²) in [5.74, 6) is 3.08. The first-order chi connectivity index (χ1) is 12.1. The lowest BCUT2D eigenvalue weighted by Crippen LogP contribution is -2.45. The van der Waals surface area contributed by atoms with Crippen LogP contribution in [0.3, 0.4) is 0 Å². The Labute approximate surface area is 150 Å². The first-order valence-corrected chi connectivity index (χ1v) is 8.92. The topological polar surface area (TPSA) is 65.5 Å². The zero-order valence-electron chi connectivity index (χ0n) is 15.2. The molecule has 0 radical (unpaired) electrons. The van der Waals surface area contributed by atoms with Crippen LogP contribution in [0.2, 0.25) is 0 Å². The highest BCUT2D eigenvalue weighted by molar-refractivity contribution is 5.95. The summed E-state index contributed by atoms with van der Waals surface area (Å²) in [4.78, 5) is 16.3. The molecule has 0 unspecified atom stereocenters. The van der Waals surface area contributed by atoms with Crippen LogP contribution in [0.1, 0.15) is 44.6 Å². The maximum atomic E-state index is 12.1. The summed E-state index contributed by atoms with van der Waals surface area (Å²) in [5, 5.41) is 9.27. The number of terminal acetylenes is 1. The van der Waals surface area contributed by atoms with E-state index in [0.717, 1.165) is 12.1 Å². The maximum Gasteiger partial charge on any atom is 0.243 e. The van der Waals surface area contributed by atoms with E-state index in [1.165, 1.54) is 32.1 Å². The number of guanidine groups is 1. The molecule has 2 rings (SSSR count). The van der Waals surface area contributed by atoms with Crippen molar-refractivity contribution in [2.45, 2.75) is 39.0 Å². The van der Waals surface area contributed by atoms with E-state index >= 15 is 0 Å². The lowest BCUT2D eigenvalue weighted by atomic mass is 9.83. The van der Waals surface area contributed by atoms with Gasteiger partial charge >= 0.3 is 0 Å². The molecule has 134 valence electrons. The molecular weight excluding hydrogens is 312 g/mol.